The zero-order chi connectivity index (χ0) is 16.3. The number of ketones is 1. The number of alkyl halides is 3. The molecule has 4 nitrogen and oxygen atoms in total. The van der Waals surface area contributed by atoms with Crippen LogP contribution in [-0.4, -0.2) is 17.9 Å². The van der Waals surface area contributed by atoms with Crippen molar-refractivity contribution in [3.8, 4) is 0 Å². The molecule has 1 aromatic carbocycles. The summed E-state index contributed by atoms with van der Waals surface area (Å²) in [7, 11) is 0. The van der Waals surface area contributed by atoms with Crippen molar-refractivity contribution in [2.75, 3.05) is 5.32 Å². The van der Waals surface area contributed by atoms with Gasteiger partial charge in [0.1, 0.15) is 0 Å². The van der Waals surface area contributed by atoms with Gasteiger partial charge in [0.2, 0.25) is 5.78 Å². The first-order valence-electron chi connectivity index (χ1n) is 5.98. The summed E-state index contributed by atoms with van der Waals surface area (Å²) >= 11 is 5.72. The maximum absolute atomic E-state index is 12.2. The van der Waals surface area contributed by atoms with Crippen LogP contribution in [0.2, 0.25) is 5.02 Å². The second-order valence-electron chi connectivity index (χ2n) is 5.28. The Morgan fingerprint density at radius 1 is 1.14 bits per heavy atom. The van der Waals surface area contributed by atoms with E-state index in [4.69, 9.17) is 11.6 Å². The third-order valence-corrected chi connectivity index (χ3v) is 2.55. The number of carbonyl (C=O) groups is 1. The Kier molecular flexibility index (Phi) is 5.22. The van der Waals surface area contributed by atoms with Gasteiger partial charge in [0, 0.05) is 16.1 Å². The predicted molar refractivity (Wildman–Crippen MR) is 76.2 cm³/mol. The van der Waals surface area contributed by atoms with Gasteiger partial charge in [-0.25, -0.2) is 5.43 Å². The van der Waals surface area contributed by atoms with E-state index in [1.807, 2.05) is 0 Å². The van der Waals surface area contributed by atoms with Crippen molar-refractivity contribution in [1.29, 1.82) is 0 Å². The summed E-state index contributed by atoms with van der Waals surface area (Å²) in [6.07, 6.45) is -4.72. The van der Waals surface area contributed by atoms with Gasteiger partial charge in [-0.1, -0.05) is 32.4 Å². The number of rotatable bonds is 3. The molecule has 0 radical (unpaired) electrons. The fourth-order valence-corrected chi connectivity index (χ4v) is 1.41. The van der Waals surface area contributed by atoms with Crippen LogP contribution in [0.25, 0.3) is 0 Å². The minimum absolute atomic E-state index is 0.403. The molecule has 1 rings (SSSR count). The lowest BCUT2D eigenvalue weighted by molar-refractivity contribution is -0.156. The van der Waals surface area contributed by atoms with Crippen LogP contribution in [0.1, 0.15) is 20.8 Å². The van der Waals surface area contributed by atoms with Gasteiger partial charge in [0.15, 0.2) is 5.84 Å². The molecule has 0 amide bonds. The van der Waals surface area contributed by atoms with E-state index in [0.29, 0.717) is 10.7 Å². The van der Waals surface area contributed by atoms with Crippen molar-refractivity contribution in [3.63, 3.8) is 0 Å². The van der Waals surface area contributed by atoms with E-state index in [2.05, 4.69) is 10.4 Å². The molecule has 0 aliphatic carbocycles. The Bertz CT molecular complexity index is 533. The molecule has 0 aliphatic heterocycles. The number of hydrogen-bond donors (Lipinski definition) is 2. The second kappa shape index (κ2) is 6.34. The van der Waals surface area contributed by atoms with Gasteiger partial charge in [-0.15, -0.1) is 13.2 Å². The van der Waals surface area contributed by atoms with E-state index >= 15 is 0 Å². The van der Waals surface area contributed by atoms with E-state index in [1.165, 1.54) is 12.1 Å². The zero-order valence-electron chi connectivity index (χ0n) is 11.7. The summed E-state index contributed by atoms with van der Waals surface area (Å²) in [5.74, 6) is -0.989. The summed E-state index contributed by atoms with van der Waals surface area (Å²) in [6, 6.07) is 6.14. The molecule has 0 saturated carbocycles. The molecule has 2 N–H and O–H groups in total. The van der Waals surface area contributed by atoms with Crippen molar-refractivity contribution in [1.82, 2.24) is 5.43 Å². The van der Waals surface area contributed by atoms with Gasteiger partial charge in [0.25, 0.3) is 0 Å². The summed E-state index contributed by atoms with van der Waals surface area (Å²) in [5, 5.41) is 6.16. The highest BCUT2D eigenvalue weighted by molar-refractivity contribution is 6.44. The van der Waals surface area contributed by atoms with Crippen LogP contribution < -0.4 is 10.7 Å². The molecule has 0 unspecified atom stereocenters. The van der Waals surface area contributed by atoms with Gasteiger partial charge in [0.05, 0.1) is 0 Å². The van der Waals surface area contributed by atoms with Crippen molar-refractivity contribution in [2.24, 2.45) is 10.5 Å². The molecule has 0 aliphatic rings. The number of hydrogen-bond acceptors (Lipinski definition) is 3. The quantitative estimate of drug-likeness (QED) is 0.385. The highest BCUT2D eigenvalue weighted by Gasteiger charge is 2.30. The molecular formula is C13H15ClF3N3O. The highest BCUT2D eigenvalue weighted by atomic mass is 35.5. The van der Waals surface area contributed by atoms with E-state index in [1.54, 1.807) is 32.9 Å². The Balaban J connectivity index is 3.02. The first-order valence-corrected chi connectivity index (χ1v) is 6.36. The van der Waals surface area contributed by atoms with E-state index < -0.39 is 23.3 Å². The number of hydrazone groups is 1. The maximum atomic E-state index is 12.2. The number of nitrogens with one attached hydrogen (secondary N) is 2. The number of nitrogens with zero attached hydrogens (tertiary/aromatic N) is 1. The summed E-state index contributed by atoms with van der Waals surface area (Å²) in [4.78, 5) is 12.1. The molecule has 0 heterocycles. The highest BCUT2D eigenvalue weighted by Crippen LogP contribution is 2.19. The maximum Gasteiger partial charge on any atom is 0.497 e. The van der Waals surface area contributed by atoms with Crippen LogP contribution in [0, 0.1) is 5.41 Å². The van der Waals surface area contributed by atoms with Gasteiger partial charge in [-0.05, 0) is 24.3 Å². The van der Waals surface area contributed by atoms with Crippen LogP contribution in [0.5, 0.6) is 0 Å². The van der Waals surface area contributed by atoms with Crippen LogP contribution in [-0.2, 0) is 4.79 Å². The SMILES string of the molecule is CC(C)(C)C(=O)C(=NNC(F)(F)F)Nc1ccc(Cl)cc1. The summed E-state index contributed by atoms with van der Waals surface area (Å²) in [5.41, 5.74) is 0.504. The molecule has 8 heteroatoms. The molecule has 0 aromatic heterocycles. The number of anilines is 1. The fourth-order valence-electron chi connectivity index (χ4n) is 1.28. The van der Waals surface area contributed by atoms with Gasteiger partial charge in [-0.3, -0.25) is 4.79 Å². The minimum atomic E-state index is -4.72. The summed E-state index contributed by atoms with van der Waals surface area (Å²) in [6.45, 7) is 4.76. The normalized spacial score (nSPS) is 13.0. The van der Waals surface area contributed by atoms with Gasteiger partial charge >= 0.3 is 6.30 Å². The molecule has 0 fully saturated rings. The first-order chi connectivity index (χ1) is 9.49. The Hall–Kier alpha value is -1.76. The van der Waals surface area contributed by atoms with E-state index in [-0.39, 0.29) is 0 Å². The average molecular weight is 322 g/mol. The van der Waals surface area contributed by atoms with Crippen molar-refractivity contribution in [3.05, 3.63) is 29.3 Å². The number of Topliss-reactive ketones (excluding diaryl/α,β-unsaturated/α-hetero) is 1. The summed E-state index contributed by atoms with van der Waals surface area (Å²) < 4.78 is 36.6. The first kappa shape index (κ1) is 17.3. The predicted octanol–water partition coefficient (Wildman–Crippen LogP) is 3.79. The van der Waals surface area contributed by atoms with Crippen LogP contribution in [0.4, 0.5) is 18.9 Å². The fraction of sp³-hybridized carbons (Fsp3) is 0.385. The second-order valence-corrected chi connectivity index (χ2v) is 5.72. The molecule has 0 spiro atoms. The molecule has 21 heavy (non-hydrogen) atoms. The Morgan fingerprint density at radius 3 is 2.10 bits per heavy atom. The largest absolute Gasteiger partial charge is 0.497 e. The smallest absolute Gasteiger partial charge is 0.336 e. The number of halogens is 4. The third kappa shape index (κ3) is 6.03. The van der Waals surface area contributed by atoms with Crippen LogP contribution in [0.15, 0.2) is 29.4 Å². The topological polar surface area (TPSA) is 53.5 Å². The molecular weight excluding hydrogens is 307 g/mol. The zero-order valence-corrected chi connectivity index (χ0v) is 12.4. The number of amidine groups is 1. The molecule has 116 valence electrons. The van der Waals surface area contributed by atoms with E-state index in [0.717, 1.165) is 5.43 Å². The Morgan fingerprint density at radius 2 is 1.67 bits per heavy atom. The number of carbonyl (C=O) groups excluding carboxylic acids is 1. The minimum Gasteiger partial charge on any atom is -0.336 e. The lowest BCUT2D eigenvalue weighted by atomic mass is 9.90. The molecule has 1 aromatic rings. The monoisotopic (exact) mass is 321 g/mol. The van der Waals surface area contributed by atoms with Crippen molar-refractivity contribution >= 4 is 28.9 Å². The van der Waals surface area contributed by atoms with Crippen molar-refractivity contribution < 1.29 is 18.0 Å². The van der Waals surface area contributed by atoms with Crippen LogP contribution in [0.3, 0.4) is 0 Å². The van der Waals surface area contributed by atoms with Gasteiger partial charge in [-0.2, -0.15) is 5.10 Å². The Labute approximate surface area is 125 Å². The average Bonchev–Trinajstić information content (AvgIpc) is 2.33. The van der Waals surface area contributed by atoms with Gasteiger partial charge < -0.3 is 5.32 Å². The van der Waals surface area contributed by atoms with E-state index in [9.17, 15) is 18.0 Å². The lowest BCUT2D eigenvalue weighted by Gasteiger charge is -2.19. The molecule has 0 atom stereocenters. The third-order valence-electron chi connectivity index (χ3n) is 2.30. The molecule has 0 bridgehead atoms. The standard InChI is InChI=1S/C13H15ClF3N3O/c1-12(2,3)10(21)11(19-20-13(15,16)17)18-9-6-4-8(14)5-7-9/h4-7,20H,1-3H3,(H,18,19). The number of benzene rings is 1. The molecule has 0 saturated heterocycles. The lowest BCUT2D eigenvalue weighted by Crippen LogP contribution is -2.37. The van der Waals surface area contributed by atoms with Crippen LogP contribution >= 0.6 is 11.6 Å². The van der Waals surface area contributed by atoms with Crippen molar-refractivity contribution in [2.45, 2.75) is 27.1 Å².